The molecule has 0 aromatic heterocycles. The number of nitrogens with zero attached hydrogens (tertiary/aromatic N) is 1. The Labute approximate surface area is 245 Å². The fourth-order valence-corrected chi connectivity index (χ4v) is 5.20. The lowest BCUT2D eigenvalue weighted by Crippen LogP contribution is -2.55. The highest BCUT2D eigenvalue weighted by Crippen LogP contribution is 2.37. The third-order valence-electron chi connectivity index (χ3n) is 6.19. The van der Waals surface area contributed by atoms with Gasteiger partial charge in [0, 0.05) is 37.2 Å². The lowest BCUT2D eigenvalue weighted by atomic mass is 9.87. The number of ether oxygens (including phenoxy) is 3. The molecule has 3 rings (SSSR count). The minimum atomic E-state index is -1.23. The van der Waals surface area contributed by atoms with E-state index in [0.717, 1.165) is 5.56 Å². The molecule has 0 saturated carbocycles. The minimum Gasteiger partial charge on any atom is -0.493 e. The van der Waals surface area contributed by atoms with E-state index in [2.05, 4.69) is 5.32 Å². The summed E-state index contributed by atoms with van der Waals surface area (Å²) in [5, 5.41) is 33.5. The summed E-state index contributed by atoms with van der Waals surface area (Å²) in [5.41, 5.74) is 1.67. The highest BCUT2D eigenvalue weighted by molar-refractivity contribution is 14.1. The molecule has 12 heteroatoms. The lowest BCUT2D eigenvalue weighted by Gasteiger charge is -2.40. The normalized spacial score (nSPS) is 18.7. The van der Waals surface area contributed by atoms with Gasteiger partial charge in [0.1, 0.15) is 18.8 Å². The van der Waals surface area contributed by atoms with E-state index in [0.29, 0.717) is 25.7 Å². The van der Waals surface area contributed by atoms with E-state index in [1.165, 1.54) is 25.2 Å². The van der Waals surface area contributed by atoms with Crippen LogP contribution in [-0.2, 0) is 27.5 Å². The Morgan fingerprint density at radius 2 is 1.87 bits per heavy atom. The van der Waals surface area contributed by atoms with Crippen molar-refractivity contribution in [3.63, 3.8) is 0 Å². The number of rotatable bonds is 12. The van der Waals surface area contributed by atoms with E-state index in [4.69, 9.17) is 25.8 Å². The van der Waals surface area contributed by atoms with Crippen molar-refractivity contribution in [3.8, 4) is 11.5 Å². The van der Waals surface area contributed by atoms with Crippen LogP contribution in [0, 0.1) is 3.57 Å². The second-order valence-corrected chi connectivity index (χ2v) is 10.5. The Balaban J connectivity index is 2.02. The molecule has 2 amide bonds. The van der Waals surface area contributed by atoms with Gasteiger partial charge in [-0.2, -0.15) is 0 Å². The molecule has 0 radical (unpaired) electrons. The van der Waals surface area contributed by atoms with Gasteiger partial charge in [-0.05, 0) is 64.1 Å². The number of aliphatic hydroxyl groups excluding tert-OH is 3. The van der Waals surface area contributed by atoms with Crippen molar-refractivity contribution in [1.29, 1.82) is 0 Å². The van der Waals surface area contributed by atoms with E-state index in [-0.39, 0.29) is 50.8 Å². The maximum absolute atomic E-state index is 13.2. The first-order chi connectivity index (χ1) is 18.7. The lowest BCUT2D eigenvalue weighted by molar-refractivity contribution is -0.143. The van der Waals surface area contributed by atoms with Crippen LogP contribution in [0.15, 0.2) is 48.0 Å². The molecule has 3 atom stereocenters. The van der Waals surface area contributed by atoms with Crippen LogP contribution in [0.2, 0.25) is 5.02 Å². The highest BCUT2D eigenvalue weighted by Gasteiger charge is 2.41. The van der Waals surface area contributed by atoms with Crippen molar-refractivity contribution >= 4 is 46.0 Å². The fourth-order valence-electron chi connectivity index (χ4n) is 4.28. The van der Waals surface area contributed by atoms with Crippen molar-refractivity contribution in [1.82, 2.24) is 10.2 Å². The van der Waals surface area contributed by atoms with E-state index < -0.39 is 24.2 Å². The summed E-state index contributed by atoms with van der Waals surface area (Å²) >= 11 is 8.07. The quantitative estimate of drug-likeness (QED) is 0.251. The van der Waals surface area contributed by atoms with Crippen LogP contribution in [-0.4, -0.2) is 84.3 Å². The van der Waals surface area contributed by atoms with Crippen LogP contribution in [0.3, 0.4) is 0 Å². The van der Waals surface area contributed by atoms with E-state index in [1.807, 2.05) is 22.6 Å². The zero-order valence-corrected chi connectivity index (χ0v) is 24.5. The van der Waals surface area contributed by atoms with Crippen LogP contribution in [0.4, 0.5) is 0 Å². The molecule has 1 aliphatic rings. The van der Waals surface area contributed by atoms with E-state index >= 15 is 0 Å². The number of hydrogen-bond donors (Lipinski definition) is 4. The number of hydrogen-bond acceptors (Lipinski definition) is 8. The van der Waals surface area contributed by atoms with Gasteiger partial charge < -0.3 is 39.7 Å². The molecule has 4 N–H and O–H groups in total. The van der Waals surface area contributed by atoms with Crippen LogP contribution in [0.5, 0.6) is 11.5 Å². The van der Waals surface area contributed by atoms with Crippen molar-refractivity contribution in [2.24, 2.45) is 0 Å². The summed E-state index contributed by atoms with van der Waals surface area (Å²) in [6.07, 6.45) is -0.710. The summed E-state index contributed by atoms with van der Waals surface area (Å²) < 4.78 is 17.4. The van der Waals surface area contributed by atoms with Crippen molar-refractivity contribution in [2.45, 2.75) is 37.8 Å². The number of carbonyl (C=O) groups excluding carboxylic acids is 2. The monoisotopic (exact) mass is 674 g/mol. The van der Waals surface area contributed by atoms with Crippen molar-refractivity contribution < 1.29 is 39.1 Å². The maximum atomic E-state index is 13.2. The maximum Gasteiger partial charge on any atom is 0.249 e. The largest absolute Gasteiger partial charge is 0.493 e. The highest BCUT2D eigenvalue weighted by atomic mass is 127. The van der Waals surface area contributed by atoms with Gasteiger partial charge in [0.05, 0.1) is 29.9 Å². The predicted molar refractivity (Wildman–Crippen MR) is 153 cm³/mol. The summed E-state index contributed by atoms with van der Waals surface area (Å²) in [4.78, 5) is 27.7. The number of amides is 2. The number of aliphatic hydroxyl groups is 3. The molecule has 0 unspecified atom stereocenters. The van der Waals surface area contributed by atoms with Crippen molar-refractivity contribution in [2.75, 3.05) is 34.0 Å². The summed E-state index contributed by atoms with van der Waals surface area (Å²) in [6, 6.07) is 9.46. The standard InChI is InChI=1S/C27H32ClIN2O8/c1-37-15-24(34)31(13-16-3-5-19(28)6-4-16)21-11-18(27(36)30-7-8-32)12-22(25(21)35)39-26-20(29)9-17(14-33)10-23(26)38-2/h3-6,9-10,12,21-22,25,32-33,35H,7-8,11,13-15H2,1-2H3,(H,30,36)/t21-,22+,25+/m1/s1. The topological polar surface area (TPSA) is 138 Å². The molecule has 0 bridgehead atoms. The van der Waals surface area contributed by atoms with E-state index in [1.54, 1.807) is 36.4 Å². The fraction of sp³-hybridized carbons (Fsp3) is 0.407. The van der Waals surface area contributed by atoms with Gasteiger partial charge in [-0.25, -0.2) is 0 Å². The molecule has 0 aliphatic heterocycles. The average Bonchev–Trinajstić information content (AvgIpc) is 2.93. The molecule has 212 valence electrons. The first kappa shape index (κ1) is 31.1. The molecule has 2 aromatic carbocycles. The average molecular weight is 675 g/mol. The molecule has 0 heterocycles. The Bertz CT molecular complexity index is 1180. The zero-order valence-electron chi connectivity index (χ0n) is 21.6. The van der Waals surface area contributed by atoms with Gasteiger partial charge in [0.25, 0.3) is 0 Å². The smallest absolute Gasteiger partial charge is 0.249 e. The van der Waals surface area contributed by atoms with Gasteiger partial charge >= 0.3 is 0 Å². The second kappa shape index (κ2) is 14.8. The molecule has 39 heavy (non-hydrogen) atoms. The number of methoxy groups -OCH3 is 2. The molecule has 0 spiro atoms. The van der Waals surface area contributed by atoms with Gasteiger partial charge in [-0.1, -0.05) is 23.7 Å². The Hall–Kier alpha value is -2.42. The third kappa shape index (κ3) is 8.05. The summed E-state index contributed by atoms with van der Waals surface area (Å²) in [5.74, 6) is -0.170. The van der Waals surface area contributed by atoms with Crippen molar-refractivity contribution in [3.05, 3.63) is 67.8 Å². The second-order valence-electron chi connectivity index (χ2n) is 8.86. The molecule has 0 saturated heterocycles. The Morgan fingerprint density at radius 1 is 1.15 bits per heavy atom. The van der Waals surface area contributed by atoms with Gasteiger partial charge in [0.15, 0.2) is 11.5 Å². The molecular weight excluding hydrogens is 643 g/mol. The van der Waals surface area contributed by atoms with Gasteiger partial charge in [0.2, 0.25) is 11.8 Å². The molecule has 0 fully saturated rings. The number of benzene rings is 2. The van der Waals surface area contributed by atoms with Gasteiger partial charge in [-0.15, -0.1) is 0 Å². The predicted octanol–water partition coefficient (Wildman–Crippen LogP) is 2.04. The molecule has 2 aromatic rings. The third-order valence-corrected chi connectivity index (χ3v) is 7.25. The number of halogens is 2. The first-order valence-electron chi connectivity index (χ1n) is 12.2. The van der Waals surface area contributed by atoms with Crippen LogP contribution >= 0.6 is 34.2 Å². The molecular formula is C27H32ClIN2O8. The minimum absolute atomic E-state index is 0.0407. The van der Waals surface area contributed by atoms with E-state index in [9.17, 15) is 24.9 Å². The van der Waals surface area contributed by atoms with Crippen LogP contribution < -0.4 is 14.8 Å². The SMILES string of the molecule is COCC(=O)N(Cc1ccc(Cl)cc1)[C@@H]1CC(C(=O)NCCO)=C[C@H](Oc2c(I)cc(CO)cc2OC)[C@H]1O. The number of nitrogens with one attached hydrogen (secondary N) is 1. The summed E-state index contributed by atoms with van der Waals surface area (Å²) in [6.45, 7) is -0.498. The van der Waals surface area contributed by atoms with Crippen LogP contribution in [0.25, 0.3) is 0 Å². The first-order valence-corrected chi connectivity index (χ1v) is 13.6. The Kier molecular flexibility index (Phi) is 11.8. The Morgan fingerprint density at radius 3 is 2.49 bits per heavy atom. The summed E-state index contributed by atoms with van der Waals surface area (Å²) in [7, 11) is 2.86. The zero-order chi connectivity index (χ0) is 28.5. The van der Waals surface area contributed by atoms with Crippen LogP contribution in [0.1, 0.15) is 17.5 Å². The molecule has 10 nitrogen and oxygen atoms in total. The van der Waals surface area contributed by atoms with Gasteiger partial charge in [-0.3, -0.25) is 9.59 Å². The number of carbonyl (C=O) groups is 2. The molecule has 1 aliphatic carbocycles.